The van der Waals surface area contributed by atoms with Crippen LogP contribution in [0, 0.1) is 5.82 Å². The minimum absolute atomic E-state index is 0. The molecule has 1 fully saturated rings. The Hall–Kier alpha value is -1.96. The summed E-state index contributed by atoms with van der Waals surface area (Å²) in [7, 11) is 0. The summed E-state index contributed by atoms with van der Waals surface area (Å²) in [5, 5.41) is 4.66. The van der Waals surface area contributed by atoms with Crippen LogP contribution in [0.2, 0.25) is 0 Å². The standard InChI is InChI=1S/C18H20FN3O2S.ClH/c19-14-3-1-4-15(11-14)20-17(23)13-21-6-8-22(9-7-21)18(24)12-16-5-2-10-25-16;/h1-5,10-11H,6-9,12-13H2,(H,20,23);1H. The Morgan fingerprint density at radius 3 is 2.54 bits per heavy atom. The van der Waals surface area contributed by atoms with Crippen molar-refractivity contribution in [3.8, 4) is 0 Å². The van der Waals surface area contributed by atoms with Crippen molar-refractivity contribution in [2.24, 2.45) is 0 Å². The van der Waals surface area contributed by atoms with Gasteiger partial charge in [-0.05, 0) is 29.6 Å². The predicted octanol–water partition coefficient (Wildman–Crippen LogP) is 2.63. The van der Waals surface area contributed by atoms with E-state index in [1.807, 2.05) is 27.3 Å². The molecule has 1 aliphatic rings. The molecule has 3 rings (SSSR count). The van der Waals surface area contributed by atoms with Crippen molar-refractivity contribution in [3.63, 3.8) is 0 Å². The van der Waals surface area contributed by atoms with Gasteiger partial charge in [0.1, 0.15) is 5.82 Å². The lowest BCUT2D eigenvalue weighted by Gasteiger charge is -2.34. The molecule has 2 aromatic rings. The Morgan fingerprint density at radius 1 is 1.12 bits per heavy atom. The van der Waals surface area contributed by atoms with E-state index < -0.39 is 0 Å². The smallest absolute Gasteiger partial charge is 0.238 e. The molecule has 2 heterocycles. The van der Waals surface area contributed by atoms with Crippen LogP contribution in [0.4, 0.5) is 10.1 Å². The summed E-state index contributed by atoms with van der Waals surface area (Å²) in [4.78, 5) is 29.3. The van der Waals surface area contributed by atoms with Crippen LogP contribution >= 0.6 is 23.7 Å². The van der Waals surface area contributed by atoms with Crippen molar-refractivity contribution in [3.05, 3.63) is 52.5 Å². The second-order valence-corrected chi connectivity index (χ2v) is 7.00. The highest BCUT2D eigenvalue weighted by Gasteiger charge is 2.22. The van der Waals surface area contributed by atoms with E-state index in [0.29, 0.717) is 38.3 Å². The number of nitrogens with one attached hydrogen (secondary N) is 1. The van der Waals surface area contributed by atoms with Crippen LogP contribution in [0.1, 0.15) is 4.88 Å². The maximum Gasteiger partial charge on any atom is 0.238 e. The highest BCUT2D eigenvalue weighted by molar-refractivity contribution is 7.10. The number of rotatable bonds is 5. The van der Waals surface area contributed by atoms with Gasteiger partial charge in [-0.25, -0.2) is 4.39 Å². The van der Waals surface area contributed by atoms with E-state index in [9.17, 15) is 14.0 Å². The van der Waals surface area contributed by atoms with E-state index in [4.69, 9.17) is 0 Å². The molecule has 0 bridgehead atoms. The lowest BCUT2D eigenvalue weighted by atomic mass is 10.2. The Kier molecular flexibility index (Phi) is 7.56. The number of thiophene rings is 1. The lowest BCUT2D eigenvalue weighted by Crippen LogP contribution is -2.50. The molecule has 2 amide bonds. The molecule has 0 aliphatic carbocycles. The summed E-state index contributed by atoms with van der Waals surface area (Å²) >= 11 is 1.59. The van der Waals surface area contributed by atoms with Crippen LogP contribution in [-0.2, 0) is 16.0 Å². The number of nitrogens with zero attached hydrogens (tertiary/aromatic N) is 2. The van der Waals surface area contributed by atoms with Crippen molar-refractivity contribution in [1.29, 1.82) is 0 Å². The van der Waals surface area contributed by atoms with Crippen molar-refractivity contribution in [2.45, 2.75) is 6.42 Å². The van der Waals surface area contributed by atoms with Gasteiger partial charge >= 0.3 is 0 Å². The lowest BCUT2D eigenvalue weighted by molar-refractivity contribution is -0.132. The SMILES string of the molecule is Cl.O=C(CN1CCN(C(=O)Cc2cccs2)CC1)Nc1cccc(F)c1. The largest absolute Gasteiger partial charge is 0.340 e. The third-order valence-electron chi connectivity index (χ3n) is 4.11. The zero-order chi connectivity index (χ0) is 17.6. The highest BCUT2D eigenvalue weighted by atomic mass is 35.5. The van der Waals surface area contributed by atoms with E-state index in [2.05, 4.69) is 5.32 Å². The Labute approximate surface area is 162 Å². The molecule has 1 saturated heterocycles. The van der Waals surface area contributed by atoms with Gasteiger partial charge in [-0.1, -0.05) is 12.1 Å². The molecule has 140 valence electrons. The second-order valence-electron chi connectivity index (χ2n) is 5.97. The van der Waals surface area contributed by atoms with Crippen LogP contribution < -0.4 is 5.32 Å². The number of amides is 2. The molecular formula is C18H21ClFN3O2S. The number of piperazine rings is 1. The first-order valence-electron chi connectivity index (χ1n) is 8.18. The average Bonchev–Trinajstić information content (AvgIpc) is 3.08. The van der Waals surface area contributed by atoms with Crippen LogP contribution in [-0.4, -0.2) is 54.3 Å². The Balaban J connectivity index is 0.00000243. The number of anilines is 1. The fourth-order valence-electron chi connectivity index (χ4n) is 2.80. The van der Waals surface area contributed by atoms with E-state index in [1.165, 1.54) is 12.1 Å². The first-order valence-corrected chi connectivity index (χ1v) is 9.06. The minimum atomic E-state index is -0.379. The fourth-order valence-corrected chi connectivity index (χ4v) is 3.50. The Morgan fingerprint density at radius 2 is 1.88 bits per heavy atom. The molecule has 1 aromatic carbocycles. The topological polar surface area (TPSA) is 52.7 Å². The van der Waals surface area contributed by atoms with E-state index >= 15 is 0 Å². The fraction of sp³-hybridized carbons (Fsp3) is 0.333. The first kappa shape index (κ1) is 20.4. The first-order chi connectivity index (χ1) is 12.1. The summed E-state index contributed by atoms with van der Waals surface area (Å²) in [6.45, 7) is 2.80. The molecule has 8 heteroatoms. The maximum absolute atomic E-state index is 13.1. The van der Waals surface area contributed by atoms with Crippen LogP contribution in [0.3, 0.4) is 0 Å². The van der Waals surface area contributed by atoms with Crippen LogP contribution in [0.5, 0.6) is 0 Å². The number of hydrogen-bond acceptors (Lipinski definition) is 4. The van der Waals surface area contributed by atoms with Crippen molar-refractivity contribution >= 4 is 41.2 Å². The quantitative estimate of drug-likeness (QED) is 0.843. The maximum atomic E-state index is 13.1. The third-order valence-corrected chi connectivity index (χ3v) is 4.98. The second kappa shape index (κ2) is 9.66. The molecule has 26 heavy (non-hydrogen) atoms. The molecule has 0 unspecified atom stereocenters. The molecule has 1 aromatic heterocycles. The van der Waals surface area contributed by atoms with E-state index in [0.717, 1.165) is 4.88 Å². The van der Waals surface area contributed by atoms with Crippen molar-refractivity contribution < 1.29 is 14.0 Å². The minimum Gasteiger partial charge on any atom is -0.340 e. The third kappa shape index (κ3) is 5.79. The van der Waals surface area contributed by atoms with Gasteiger partial charge in [0.25, 0.3) is 0 Å². The molecule has 0 radical (unpaired) electrons. The van der Waals surface area contributed by atoms with Gasteiger partial charge in [-0.15, -0.1) is 23.7 Å². The normalized spacial score (nSPS) is 14.6. The predicted molar refractivity (Wildman–Crippen MR) is 103 cm³/mol. The van der Waals surface area contributed by atoms with Gasteiger partial charge < -0.3 is 10.2 Å². The van der Waals surface area contributed by atoms with Crippen LogP contribution in [0.25, 0.3) is 0 Å². The summed E-state index contributed by atoms with van der Waals surface area (Å²) < 4.78 is 13.1. The van der Waals surface area contributed by atoms with Gasteiger partial charge in [0, 0.05) is 36.7 Å². The summed E-state index contributed by atoms with van der Waals surface area (Å²) in [5.74, 6) is -0.425. The van der Waals surface area contributed by atoms with Gasteiger partial charge in [0.15, 0.2) is 0 Å². The van der Waals surface area contributed by atoms with E-state index in [1.54, 1.807) is 23.5 Å². The Bertz CT molecular complexity index is 734. The summed E-state index contributed by atoms with van der Waals surface area (Å²) in [6, 6.07) is 9.75. The summed E-state index contributed by atoms with van der Waals surface area (Å²) in [6.07, 6.45) is 0.442. The van der Waals surface area contributed by atoms with Crippen molar-refractivity contribution in [1.82, 2.24) is 9.80 Å². The van der Waals surface area contributed by atoms with Gasteiger partial charge in [0.2, 0.25) is 11.8 Å². The van der Waals surface area contributed by atoms with Gasteiger partial charge in [-0.2, -0.15) is 0 Å². The van der Waals surface area contributed by atoms with Gasteiger partial charge in [0.05, 0.1) is 13.0 Å². The zero-order valence-corrected chi connectivity index (χ0v) is 15.8. The highest BCUT2D eigenvalue weighted by Crippen LogP contribution is 2.12. The molecule has 1 N–H and O–H groups in total. The summed E-state index contributed by atoms with van der Waals surface area (Å²) in [5.41, 5.74) is 0.453. The van der Waals surface area contributed by atoms with E-state index in [-0.39, 0.29) is 36.6 Å². The van der Waals surface area contributed by atoms with Crippen LogP contribution in [0.15, 0.2) is 41.8 Å². The molecular weight excluding hydrogens is 377 g/mol. The molecule has 1 aliphatic heterocycles. The van der Waals surface area contributed by atoms with Gasteiger partial charge in [-0.3, -0.25) is 14.5 Å². The molecule has 0 atom stereocenters. The monoisotopic (exact) mass is 397 g/mol. The molecule has 0 spiro atoms. The van der Waals surface area contributed by atoms with Crippen molar-refractivity contribution in [2.75, 3.05) is 38.0 Å². The number of halogens is 2. The number of carbonyl (C=O) groups excluding carboxylic acids is 2. The zero-order valence-electron chi connectivity index (χ0n) is 14.2. The molecule has 5 nitrogen and oxygen atoms in total. The average molecular weight is 398 g/mol. The number of carbonyl (C=O) groups is 2. The number of hydrogen-bond donors (Lipinski definition) is 1. The molecule has 0 saturated carbocycles. The number of benzene rings is 1.